The number of ether oxygens (including phenoxy) is 3. The van der Waals surface area contributed by atoms with E-state index in [9.17, 15) is 13.5 Å². The minimum atomic E-state index is -3.72. The van der Waals surface area contributed by atoms with Gasteiger partial charge in [-0.3, -0.25) is 0 Å². The maximum absolute atomic E-state index is 12.7. The number of rotatable bonds is 5. The minimum Gasteiger partial charge on any atom is -0.493 e. The van der Waals surface area contributed by atoms with Crippen molar-refractivity contribution >= 4 is 10.0 Å². The normalized spacial score (nSPS) is 20.2. The first-order valence-electron chi connectivity index (χ1n) is 6.47. The van der Waals surface area contributed by atoms with Crippen LogP contribution in [0.2, 0.25) is 0 Å². The van der Waals surface area contributed by atoms with E-state index in [-0.39, 0.29) is 24.7 Å². The van der Waals surface area contributed by atoms with Crippen LogP contribution >= 0.6 is 0 Å². The first kappa shape index (κ1) is 16.0. The summed E-state index contributed by atoms with van der Waals surface area (Å²) < 4.78 is 42.1. The van der Waals surface area contributed by atoms with Gasteiger partial charge in [0, 0.05) is 12.6 Å². The van der Waals surface area contributed by atoms with Gasteiger partial charge in [0.1, 0.15) is 0 Å². The van der Waals surface area contributed by atoms with E-state index in [1.54, 1.807) is 6.07 Å². The Morgan fingerprint density at radius 2 is 2.05 bits per heavy atom. The van der Waals surface area contributed by atoms with E-state index in [0.717, 1.165) is 0 Å². The van der Waals surface area contributed by atoms with Crippen molar-refractivity contribution in [2.75, 3.05) is 40.6 Å². The van der Waals surface area contributed by atoms with Crippen molar-refractivity contribution in [2.45, 2.75) is 10.9 Å². The van der Waals surface area contributed by atoms with Gasteiger partial charge in [-0.05, 0) is 12.1 Å². The zero-order chi connectivity index (χ0) is 15.5. The fourth-order valence-electron chi connectivity index (χ4n) is 2.21. The van der Waals surface area contributed by atoms with Gasteiger partial charge in [-0.15, -0.1) is 0 Å². The second kappa shape index (κ2) is 6.61. The molecule has 1 aliphatic rings. The first-order valence-corrected chi connectivity index (χ1v) is 7.91. The monoisotopic (exact) mass is 317 g/mol. The van der Waals surface area contributed by atoms with Crippen LogP contribution in [0.4, 0.5) is 0 Å². The Labute approximate surface area is 124 Å². The first-order chi connectivity index (χ1) is 10.0. The molecule has 0 amide bonds. The van der Waals surface area contributed by atoms with Crippen molar-refractivity contribution in [1.29, 1.82) is 0 Å². The highest BCUT2D eigenvalue weighted by Gasteiger charge is 2.34. The van der Waals surface area contributed by atoms with Crippen molar-refractivity contribution < 1.29 is 27.7 Å². The zero-order valence-electron chi connectivity index (χ0n) is 12.0. The van der Waals surface area contributed by atoms with Crippen molar-refractivity contribution in [3.8, 4) is 11.5 Å². The summed E-state index contributed by atoms with van der Waals surface area (Å²) in [6.07, 6.45) is 0. The van der Waals surface area contributed by atoms with Gasteiger partial charge in [-0.1, -0.05) is 0 Å². The van der Waals surface area contributed by atoms with Gasteiger partial charge < -0.3 is 19.3 Å². The zero-order valence-corrected chi connectivity index (χ0v) is 12.8. The number of benzene rings is 1. The maximum Gasteiger partial charge on any atom is 0.243 e. The minimum absolute atomic E-state index is 0.0977. The molecule has 0 saturated carbocycles. The molecule has 7 nitrogen and oxygen atoms in total. The van der Waals surface area contributed by atoms with Crippen molar-refractivity contribution in [3.63, 3.8) is 0 Å². The molecule has 1 aromatic carbocycles. The molecule has 1 aliphatic heterocycles. The Hall–Kier alpha value is -1.35. The van der Waals surface area contributed by atoms with Gasteiger partial charge in [0.2, 0.25) is 10.0 Å². The summed E-state index contributed by atoms with van der Waals surface area (Å²) in [5.41, 5.74) is 0. The lowest BCUT2D eigenvalue weighted by atomic mass is 10.3. The number of methoxy groups -OCH3 is 2. The van der Waals surface area contributed by atoms with Gasteiger partial charge in [0.05, 0.1) is 45.0 Å². The van der Waals surface area contributed by atoms with E-state index in [1.165, 1.54) is 30.7 Å². The Balaban J connectivity index is 2.38. The van der Waals surface area contributed by atoms with Gasteiger partial charge in [-0.2, -0.15) is 4.31 Å². The number of aliphatic hydroxyl groups is 1. The summed E-state index contributed by atoms with van der Waals surface area (Å²) in [6.45, 7) is 0.417. The van der Waals surface area contributed by atoms with E-state index in [4.69, 9.17) is 14.2 Å². The van der Waals surface area contributed by atoms with Crippen LogP contribution in [-0.4, -0.2) is 64.5 Å². The lowest BCUT2D eigenvalue weighted by molar-refractivity contribution is 0.0109. The Kier molecular flexibility index (Phi) is 5.04. The van der Waals surface area contributed by atoms with Crippen LogP contribution in [0.15, 0.2) is 23.1 Å². The third-order valence-electron chi connectivity index (χ3n) is 3.35. The molecule has 1 aromatic rings. The lowest BCUT2D eigenvalue weighted by Crippen LogP contribution is -2.50. The molecule has 1 N–H and O–H groups in total. The average molecular weight is 317 g/mol. The molecule has 21 heavy (non-hydrogen) atoms. The fourth-order valence-corrected chi connectivity index (χ4v) is 3.81. The number of nitrogens with zero attached hydrogens (tertiary/aromatic N) is 1. The third kappa shape index (κ3) is 3.13. The van der Waals surface area contributed by atoms with E-state index >= 15 is 0 Å². The molecular formula is C13H19NO6S. The molecule has 1 saturated heterocycles. The molecule has 0 aliphatic carbocycles. The summed E-state index contributed by atoms with van der Waals surface area (Å²) in [5.74, 6) is 0.796. The number of hydrogen-bond acceptors (Lipinski definition) is 6. The Morgan fingerprint density at radius 1 is 1.33 bits per heavy atom. The van der Waals surface area contributed by atoms with Crippen molar-refractivity contribution in [1.82, 2.24) is 4.31 Å². The third-order valence-corrected chi connectivity index (χ3v) is 5.29. The summed E-state index contributed by atoms with van der Waals surface area (Å²) in [6, 6.07) is 3.84. The molecule has 1 atom stereocenters. The lowest BCUT2D eigenvalue weighted by Gasteiger charge is -2.33. The SMILES string of the molecule is COc1ccc(S(=O)(=O)N2CCOCC2CO)cc1OC. The molecule has 1 unspecified atom stereocenters. The van der Waals surface area contributed by atoms with Crippen molar-refractivity contribution in [3.05, 3.63) is 18.2 Å². The smallest absolute Gasteiger partial charge is 0.243 e. The van der Waals surface area contributed by atoms with Crippen LogP contribution < -0.4 is 9.47 Å². The molecule has 0 spiro atoms. The summed E-state index contributed by atoms with van der Waals surface area (Å²) in [5, 5.41) is 9.32. The van der Waals surface area contributed by atoms with Gasteiger partial charge in [0.15, 0.2) is 11.5 Å². The predicted molar refractivity (Wildman–Crippen MR) is 75.1 cm³/mol. The van der Waals surface area contributed by atoms with Crippen LogP contribution in [0.25, 0.3) is 0 Å². The molecule has 118 valence electrons. The largest absolute Gasteiger partial charge is 0.493 e. The maximum atomic E-state index is 12.7. The Morgan fingerprint density at radius 3 is 2.67 bits per heavy atom. The second-order valence-corrected chi connectivity index (χ2v) is 6.43. The fraction of sp³-hybridized carbons (Fsp3) is 0.538. The number of morpholine rings is 1. The van der Waals surface area contributed by atoms with Crippen LogP contribution in [0.1, 0.15) is 0 Å². The summed E-state index contributed by atoms with van der Waals surface area (Å²) in [4.78, 5) is 0.0977. The van der Waals surface area contributed by atoms with Gasteiger partial charge in [0.25, 0.3) is 0 Å². The van der Waals surface area contributed by atoms with Crippen LogP contribution in [0.5, 0.6) is 11.5 Å². The summed E-state index contributed by atoms with van der Waals surface area (Å²) >= 11 is 0. The van der Waals surface area contributed by atoms with Crippen LogP contribution in [0.3, 0.4) is 0 Å². The molecular weight excluding hydrogens is 298 g/mol. The molecule has 0 aromatic heterocycles. The quantitative estimate of drug-likeness (QED) is 0.828. The number of aliphatic hydroxyl groups excluding tert-OH is 1. The number of sulfonamides is 1. The van der Waals surface area contributed by atoms with Gasteiger partial charge >= 0.3 is 0 Å². The molecule has 2 rings (SSSR count). The molecule has 1 heterocycles. The average Bonchev–Trinajstić information content (AvgIpc) is 2.53. The van der Waals surface area contributed by atoms with Crippen LogP contribution in [-0.2, 0) is 14.8 Å². The Bertz CT molecular complexity index is 588. The standard InChI is InChI=1S/C13H19NO6S/c1-18-12-4-3-11(7-13(12)19-2)21(16,17)14-5-6-20-9-10(14)8-15/h3-4,7,10,15H,5-6,8-9H2,1-2H3. The molecule has 0 bridgehead atoms. The molecule has 1 fully saturated rings. The summed E-state index contributed by atoms with van der Waals surface area (Å²) in [7, 11) is -0.797. The van der Waals surface area contributed by atoms with Crippen molar-refractivity contribution in [2.24, 2.45) is 0 Å². The predicted octanol–water partition coefficient (Wildman–Crippen LogP) is 0.0856. The highest BCUT2D eigenvalue weighted by atomic mass is 32.2. The van der Waals surface area contributed by atoms with E-state index < -0.39 is 16.1 Å². The number of hydrogen-bond donors (Lipinski definition) is 1. The topological polar surface area (TPSA) is 85.3 Å². The molecule has 0 radical (unpaired) electrons. The van der Waals surface area contributed by atoms with E-state index in [0.29, 0.717) is 18.1 Å². The highest BCUT2D eigenvalue weighted by Crippen LogP contribution is 2.31. The van der Waals surface area contributed by atoms with Crippen LogP contribution in [0, 0.1) is 0 Å². The van der Waals surface area contributed by atoms with E-state index in [2.05, 4.69) is 0 Å². The van der Waals surface area contributed by atoms with Gasteiger partial charge in [-0.25, -0.2) is 8.42 Å². The second-order valence-electron chi connectivity index (χ2n) is 4.54. The highest BCUT2D eigenvalue weighted by molar-refractivity contribution is 7.89. The molecule has 8 heteroatoms. The van der Waals surface area contributed by atoms with E-state index in [1.807, 2.05) is 0 Å².